The zero-order chi connectivity index (χ0) is 14.0. The highest BCUT2D eigenvalue weighted by atomic mass is 32.1. The van der Waals surface area contributed by atoms with E-state index in [4.69, 9.17) is 9.97 Å². The molecule has 1 aliphatic heterocycles. The molecule has 0 bridgehead atoms. The first kappa shape index (κ1) is 13.7. The summed E-state index contributed by atoms with van der Waals surface area (Å²) in [6, 6.07) is 0. The lowest BCUT2D eigenvalue weighted by molar-refractivity contribution is 1.26. The topological polar surface area (TPSA) is 25.8 Å². The van der Waals surface area contributed by atoms with E-state index in [-0.39, 0.29) is 0 Å². The number of thiazole rings is 2. The number of rotatable bonds is 0. The van der Waals surface area contributed by atoms with E-state index in [0.29, 0.717) is 0 Å². The van der Waals surface area contributed by atoms with Gasteiger partial charge in [0.25, 0.3) is 0 Å². The lowest BCUT2D eigenvalue weighted by Gasteiger charge is -2.35. The average molecular weight is 325 g/mol. The molecule has 2 nitrogen and oxygen atoms in total. The molecule has 2 aromatic heterocycles. The van der Waals surface area contributed by atoms with Crippen LogP contribution < -0.4 is 10.6 Å². The maximum atomic E-state index is 4.94. The molecule has 3 heterocycles. The van der Waals surface area contributed by atoms with E-state index < -0.39 is 15.2 Å². The van der Waals surface area contributed by atoms with Gasteiger partial charge < -0.3 is 0 Å². The molecule has 0 N–H and O–H groups in total. The summed E-state index contributed by atoms with van der Waals surface area (Å²) in [4.78, 5) is 12.9. The molecule has 0 spiro atoms. The molecule has 0 radical (unpaired) electrons. The lowest BCUT2D eigenvalue weighted by Crippen LogP contribution is -2.69. The van der Waals surface area contributed by atoms with Crippen molar-refractivity contribution >= 4 is 48.5 Å². The molecule has 2 aromatic rings. The molecule has 0 atom stereocenters. The third kappa shape index (κ3) is 1.84. The molecule has 19 heavy (non-hydrogen) atoms. The van der Waals surface area contributed by atoms with Crippen LogP contribution in [0.4, 0.5) is 0 Å². The van der Waals surface area contributed by atoms with Crippen molar-refractivity contribution in [2.75, 3.05) is 0 Å². The van der Waals surface area contributed by atoms with Crippen LogP contribution in [0, 0.1) is 13.8 Å². The van der Waals surface area contributed by atoms with Crippen LogP contribution in [0.5, 0.6) is 0 Å². The number of hydrogen-bond donors (Lipinski definition) is 0. The first-order valence-electron chi connectivity index (χ1n) is 6.67. The van der Waals surface area contributed by atoms with Crippen LogP contribution in [-0.2, 0) is 6.42 Å². The van der Waals surface area contributed by atoms with Gasteiger partial charge in [-0.2, -0.15) is 0 Å². The molecule has 6 heteroatoms. The van der Waals surface area contributed by atoms with Crippen LogP contribution in [0.25, 0.3) is 0 Å². The summed E-state index contributed by atoms with van der Waals surface area (Å²) in [7, 11) is -3.05. The summed E-state index contributed by atoms with van der Waals surface area (Å²) in [5.41, 5.74) is 0. The largest absolute Gasteiger partial charge is 0.251 e. The van der Waals surface area contributed by atoms with E-state index in [2.05, 4.69) is 40.0 Å². The van der Waals surface area contributed by atoms with Crippen LogP contribution in [0.2, 0.25) is 26.2 Å². The number of hydrogen-bond acceptors (Lipinski definition) is 4. The van der Waals surface area contributed by atoms with Crippen molar-refractivity contribution in [2.45, 2.75) is 46.5 Å². The molecular weight excluding hydrogens is 304 g/mol. The Bertz CT molecular complexity index is 599. The van der Waals surface area contributed by atoms with E-state index in [1.54, 1.807) is 0 Å². The predicted molar refractivity (Wildman–Crippen MR) is 90.7 cm³/mol. The van der Waals surface area contributed by atoms with Gasteiger partial charge in [0.1, 0.15) is 15.2 Å². The standard InChI is InChI=1S/C13H20N2S2Si2/c1-8-14-12-10(16-8)7-11-13(15-9(2)17-11)19(5,6)18(12,3)4/h7H2,1-6H3. The van der Waals surface area contributed by atoms with Gasteiger partial charge in [0.15, 0.2) is 0 Å². The second-order valence-electron chi connectivity index (χ2n) is 6.44. The second-order valence-corrected chi connectivity index (χ2v) is 24.0. The van der Waals surface area contributed by atoms with Crippen molar-refractivity contribution in [3.05, 3.63) is 19.8 Å². The molecule has 0 fully saturated rings. The monoisotopic (exact) mass is 324 g/mol. The molecule has 0 saturated heterocycles. The summed E-state index contributed by atoms with van der Waals surface area (Å²) >= 11 is 3.81. The van der Waals surface area contributed by atoms with Gasteiger partial charge in [-0.15, -0.1) is 22.7 Å². The Hall–Kier alpha value is -0.306. The molecule has 3 rings (SSSR count). The van der Waals surface area contributed by atoms with Crippen molar-refractivity contribution in [2.24, 2.45) is 0 Å². The highest BCUT2D eigenvalue weighted by Crippen LogP contribution is 2.31. The maximum Gasteiger partial charge on any atom is 0.106 e. The van der Waals surface area contributed by atoms with E-state index >= 15 is 0 Å². The second kappa shape index (κ2) is 4.10. The van der Waals surface area contributed by atoms with E-state index in [0.717, 1.165) is 6.42 Å². The fraction of sp³-hybridized carbons (Fsp3) is 0.538. The van der Waals surface area contributed by atoms with Gasteiger partial charge in [0.2, 0.25) is 0 Å². The van der Waals surface area contributed by atoms with Crippen LogP contribution in [0.15, 0.2) is 0 Å². The van der Waals surface area contributed by atoms with Crippen molar-refractivity contribution < 1.29 is 0 Å². The minimum atomic E-state index is -1.52. The normalized spacial score (nSPS) is 19.7. The van der Waals surface area contributed by atoms with Gasteiger partial charge in [-0.25, -0.2) is 0 Å². The number of nitrogens with zero attached hydrogens (tertiary/aromatic N) is 2. The zero-order valence-corrected chi connectivity index (χ0v) is 16.1. The smallest absolute Gasteiger partial charge is 0.106 e. The highest BCUT2D eigenvalue weighted by Gasteiger charge is 2.51. The Morgan fingerprint density at radius 2 is 1.16 bits per heavy atom. The van der Waals surface area contributed by atoms with Gasteiger partial charge in [0, 0.05) is 26.8 Å². The minimum Gasteiger partial charge on any atom is -0.251 e. The predicted octanol–water partition coefficient (Wildman–Crippen LogP) is 2.73. The molecule has 0 aliphatic carbocycles. The third-order valence-electron chi connectivity index (χ3n) is 4.68. The Kier molecular flexibility index (Phi) is 2.95. The highest BCUT2D eigenvalue weighted by molar-refractivity contribution is 7.50. The van der Waals surface area contributed by atoms with Crippen molar-refractivity contribution in [3.63, 3.8) is 0 Å². The van der Waals surface area contributed by atoms with Crippen LogP contribution in [0.3, 0.4) is 0 Å². The van der Waals surface area contributed by atoms with Crippen molar-refractivity contribution in [1.29, 1.82) is 0 Å². The average Bonchev–Trinajstić information content (AvgIpc) is 2.81. The minimum absolute atomic E-state index is 1.08. The Morgan fingerprint density at radius 3 is 1.53 bits per heavy atom. The summed E-state index contributed by atoms with van der Waals surface area (Å²) in [5, 5.41) is 5.43. The summed E-state index contributed by atoms with van der Waals surface area (Å²) in [6.07, 6.45) is 1.08. The summed E-state index contributed by atoms with van der Waals surface area (Å²) in [6.45, 7) is 14.4. The van der Waals surface area contributed by atoms with Crippen LogP contribution >= 0.6 is 22.7 Å². The zero-order valence-electron chi connectivity index (χ0n) is 12.4. The first-order chi connectivity index (χ1) is 8.73. The Labute approximate surface area is 124 Å². The first-order valence-corrected chi connectivity index (χ1v) is 15.3. The molecule has 0 amide bonds. The summed E-state index contributed by atoms with van der Waals surface area (Å²) < 4.78 is 0. The number of aromatic nitrogens is 2. The van der Waals surface area contributed by atoms with Gasteiger partial charge in [0.05, 0.1) is 10.0 Å². The molecular formula is C13H20N2S2Si2. The van der Waals surface area contributed by atoms with Crippen LogP contribution in [0.1, 0.15) is 19.8 Å². The molecule has 0 aromatic carbocycles. The number of aryl methyl sites for hydroxylation is 2. The SMILES string of the molecule is Cc1nc2c(s1)Cc1sc(C)nc1[Si](C)(C)[Si]2(C)C. The van der Waals surface area contributed by atoms with E-state index in [9.17, 15) is 0 Å². The van der Waals surface area contributed by atoms with Crippen molar-refractivity contribution in [1.82, 2.24) is 9.97 Å². The van der Waals surface area contributed by atoms with Crippen LogP contribution in [-0.4, -0.2) is 25.2 Å². The maximum absolute atomic E-state index is 4.94. The Balaban J connectivity index is 2.33. The fourth-order valence-electron chi connectivity index (χ4n) is 2.89. The van der Waals surface area contributed by atoms with Gasteiger partial charge in [-0.3, -0.25) is 9.97 Å². The molecule has 102 valence electrons. The fourth-order valence-corrected chi connectivity index (χ4v) is 15.7. The van der Waals surface area contributed by atoms with E-state index in [1.807, 2.05) is 22.7 Å². The summed E-state index contributed by atoms with van der Waals surface area (Å²) in [5.74, 6) is 0. The van der Waals surface area contributed by atoms with Gasteiger partial charge >= 0.3 is 0 Å². The Morgan fingerprint density at radius 1 is 0.789 bits per heavy atom. The molecule has 1 aliphatic rings. The molecule has 0 unspecified atom stereocenters. The van der Waals surface area contributed by atoms with Gasteiger partial charge in [-0.1, -0.05) is 26.2 Å². The number of fused-ring (bicyclic) bond motifs is 2. The third-order valence-corrected chi connectivity index (χ3v) is 24.1. The lowest BCUT2D eigenvalue weighted by atomic mass is 10.3. The van der Waals surface area contributed by atoms with Gasteiger partial charge in [-0.05, 0) is 13.8 Å². The van der Waals surface area contributed by atoms with E-state index in [1.165, 1.54) is 30.4 Å². The molecule has 0 saturated carbocycles. The quantitative estimate of drug-likeness (QED) is 0.696. The van der Waals surface area contributed by atoms with Crippen molar-refractivity contribution in [3.8, 4) is 0 Å².